The van der Waals surface area contributed by atoms with Crippen molar-refractivity contribution in [2.45, 2.75) is 45.2 Å². The number of hydrogen-bond donors (Lipinski definition) is 0. The molecule has 0 bridgehead atoms. The van der Waals surface area contributed by atoms with Crippen molar-refractivity contribution in [3.8, 4) is 0 Å². The number of piperidine rings is 1. The monoisotopic (exact) mass is 203 g/mol. The maximum atomic E-state index is 2.64. The molecule has 0 radical (unpaired) electrons. The van der Waals surface area contributed by atoms with E-state index >= 15 is 0 Å². The third-order valence-electron chi connectivity index (χ3n) is 3.63. The number of benzene rings is 1. The van der Waals surface area contributed by atoms with Gasteiger partial charge in [-0.2, -0.15) is 0 Å². The van der Waals surface area contributed by atoms with Crippen LogP contribution < -0.4 is 0 Å². The lowest BCUT2D eigenvalue weighted by molar-refractivity contribution is 0.114. The fraction of sp³-hybridized carbons (Fsp3) is 0.571. The molecule has 0 N–H and O–H groups in total. The zero-order valence-corrected chi connectivity index (χ0v) is 9.82. The van der Waals surface area contributed by atoms with Gasteiger partial charge in [-0.3, -0.25) is 4.90 Å². The summed E-state index contributed by atoms with van der Waals surface area (Å²) in [6, 6.07) is 12.2. The van der Waals surface area contributed by atoms with E-state index in [0.717, 1.165) is 6.04 Å². The second-order valence-electron chi connectivity index (χ2n) is 4.67. The number of nitrogens with zero attached hydrogens (tertiary/aromatic N) is 1. The summed E-state index contributed by atoms with van der Waals surface area (Å²) in [6.45, 7) is 5.95. The van der Waals surface area contributed by atoms with Crippen molar-refractivity contribution < 1.29 is 0 Å². The van der Waals surface area contributed by atoms with Gasteiger partial charge in [0.15, 0.2) is 0 Å². The molecular weight excluding hydrogens is 182 g/mol. The van der Waals surface area contributed by atoms with Crippen LogP contribution in [0.25, 0.3) is 0 Å². The molecule has 0 aliphatic carbocycles. The molecule has 1 fully saturated rings. The van der Waals surface area contributed by atoms with Crippen molar-refractivity contribution in [2.75, 3.05) is 6.54 Å². The molecule has 0 spiro atoms. The fourth-order valence-electron chi connectivity index (χ4n) is 2.62. The van der Waals surface area contributed by atoms with Crippen LogP contribution in [-0.4, -0.2) is 17.5 Å². The number of likely N-dealkylation sites (tertiary alicyclic amines) is 1. The minimum absolute atomic E-state index is 0.571. The Morgan fingerprint density at radius 2 is 1.93 bits per heavy atom. The van der Waals surface area contributed by atoms with Gasteiger partial charge < -0.3 is 0 Å². The van der Waals surface area contributed by atoms with E-state index in [2.05, 4.69) is 49.1 Å². The Balaban J connectivity index is 2.09. The van der Waals surface area contributed by atoms with Crippen LogP contribution in [0.5, 0.6) is 0 Å². The van der Waals surface area contributed by atoms with Crippen LogP contribution in [0.3, 0.4) is 0 Å². The molecule has 1 aliphatic heterocycles. The highest BCUT2D eigenvalue weighted by Crippen LogP contribution is 2.27. The molecule has 15 heavy (non-hydrogen) atoms. The minimum atomic E-state index is 0.571. The Kier molecular flexibility index (Phi) is 3.42. The molecule has 0 aromatic heterocycles. The van der Waals surface area contributed by atoms with E-state index < -0.39 is 0 Å². The summed E-state index contributed by atoms with van der Waals surface area (Å²) >= 11 is 0. The summed E-state index contributed by atoms with van der Waals surface area (Å²) < 4.78 is 0. The third kappa shape index (κ3) is 2.40. The van der Waals surface area contributed by atoms with E-state index in [0.29, 0.717) is 6.04 Å². The van der Waals surface area contributed by atoms with E-state index in [9.17, 15) is 0 Å². The van der Waals surface area contributed by atoms with Gasteiger partial charge in [-0.25, -0.2) is 0 Å². The van der Waals surface area contributed by atoms with Crippen molar-refractivity contribution in [3.63, 3.8) is 0 Å². The van der Waals surface area contributed by atoms with Gasteiger partial charge in [-0.05, 0) is 38.8 Å². The molecular formula is C14H21N. The van der Waals surface area contributed by atoms with E-state index in [-0.39, 0.29) is 0 Å². The van der Waals surface area contributed by atoms with Crippen LogP contribution in [-0.2, 0) is 0 Å². The first-order valence-corrected chi connectivity index (χ1v) is 6.09. The van der Waals surface area contributed by atoms with Crippen molar-refractivity contribution in [2.24, 2.45) is 0 Å². The SMILES string of the molecule is C[C@H](c1ccccc1)N1CCCC[C@@H]1C. The molecule has 0 saturated carbocycles. The van der Waals surface area contributed by atoms with Gasteiger partial charge in [0.2, 0.25) is 0 Å². The Morgan fingerprint density at radius 1 is 1.20 bits per heavy atom. The zero-order valence-electron chi connectivity index (χ0n) is 9.82. The van der Waals surface area contributed by atoms with Crippen LogP contribution in [0.1, 0.15) is 44.7 Å². The maximum Gasteiger partial charge on any atom is 0.0322 e. The van der Waals surface area contributed by atoms with Gasteiger partial charge in [-0.15, -0.1) is 0 Å². The molecule has 1 nitrogen and oxygen atoms in total. The van der Waals surface area contributed by atoms with Gasteiger partial charge in [0, 0.05) is 12.1 Å². The summed E-state index contributed by atoms with van der Waals surface area (Å²) in [5.74, 6) is 0. The highest BCUT2D eigenvalue weighted by molar-refractivity contribution is 5.18. The second-order valence-corrected chi connectivity index (χ2v) is 4.67. The predicted molar refractivity (Wildman–Crippen MR) is 64.9 cm³/mol. The Hall–Kier alpha value is -0.820. The Labute approximate surface area is 93.1 Å². The van der Waals surface area contributed by atoms with Crippen molar-refractivity contribution >= 4 is 0 Å². The Bertz CT molecular complexity index is 293. The van der Waals surface area contributed by atoms with Crippen LogP contribution in [0, 0.1) is 0 Å². The summed E-state index contributed by atoms with van der Waals surface area (Å²) in [4.78, 5) is 2.64. The first kappa shape index (κ1) is 10.7. The van der Waals surface area contributed by atoms with Gasteiger partial charge >= 0.3 is 0 Å². The van der Waals surface area contributed by atoms with E-state index in [1.807, 2.05) is 0 Å². The Morgan fingerprint density at radius 3 is 2.60 bits per heavy atom. The molecule has 82 valence electrons. The standard InChI is InChI=1S/C14H21N/c1-12-8-6-7-11-15(12)13(2)14-9-4-3-5-10-14/h3-5,9-10,12-13H,6-8,11H2,1-2H3/t12-,13+/m0/s1. The van der Waals surface area contributed by atoms with Crippen LogP contribution in [0.2, 0.25) is 0 Å². The normalized spacial score (nSPS) is 25.1. The molecule has 2 atom stereocenters. The van der Waals surface area contributed by atoms with Crippen molar-refractivity contribution in [3.05, 3.63) is 35.9 Å². The van der Waals surface area contributed by atoms with Crippen LogP contribution in [0.15, 0.2) is 30.3 Å². The summed E-state index contributed by atoms with van der Waals surface area (Å²) in [7, 11) is 0. The van der Waals surface area contributed by atoms with Crippen LogP contribution in [0.4, 0.5) is 0 Å². The van der Waals surface area contributed by atoms with Gasteiger partial charge in [-0.1, -0.05) is 36.8 Å². The highest BCUT2D eigenvalue weighted by atomic mass is 15.2. The summed E-state index contributed by atoms with van der Waals surface area (Å²) in [5, 5.41) is 0. The zero-order chi connectivity index (χ0) is 10.7. The smallest absolute Gasteiger partial charge is 0.0322 e. The first-order chi connectivity index (χ1) is 7.29. The van der Waals surface area contributed by atoms with Crippen molar-refractivity contribution in [1.82, 2.24) is 4.90 Å². The average molecular weight is 203 g/mol. The molecule has 1 aliphatic rings. The predicted octanol–water partition coefficient (Wildman–Crippen LogP) is 3.62. The molecule has 1 aromatic rings. The molecule has 1 heterocycles. The van der Waals surface area contributed by atoms with Crippen molar-refractivity contribution in [1.29, 1.82) is 0 Å². The van der Waals surface area contributed by atoms with E-state index in [1.54, 1.807) is 0 Å². The summed E-state index contributed by atoms with van der Waals surface area (Å²) in [5.41, 5.74) is 1.45. The van der Waals surface area contributed by atoms with Crippen LogP contribution >= 0.6 is 0 Å². The van der Waals surface area contributed by atoms with E-state index in [1.165, 1.54) is 31.4 Å². The lowest BCUT2D eigenvalue weighted by Crippen LogP contribution is -2.39. The fourth-order valence-corrected chi connectivity index (χ4v) is 2.62. The van der Waals surface area contributed by atoms with E-state index in [4.69, 9.17) is 0 Å². The molecule has 1 saturated heterocycles. The minimum Gasteiger partial charge on any atom is -0.294 e. The van der Waals surface area contributed by atoms with Gasteiger partial charge in [0.1, 0.15) is 0 Å². The first-order valence-electron chi connectivity index (χ1n) is 6.09. The lowest BCUT2D eigenvalue weighted by atomic mass is 9.98. The number of rotatable bonds is 2. The average Bonchev–Trinajstić information content (AvgIpc) is 2.30. The molecule has 2 rings (SSSR count). The lowest BCUT2D eigenvalue weighted by Gasteiger charge is -2.38. The largest absolute Gasteiger partial charge is 0.294 e. The summed E-state index contributed by atoms with van der Waals surface area (Å²) in [6.07, 6.45) is 4.12. The molecule has 0 amide bonds. The van der Waals surface area contributed by atoms with Gasteiger partial charge in [0.05, 0.1) is 0 Å². The third-order valence-corrected chi connectivity index (χ3v) is 3.63. The number of hydrogen-bond acceptors (Lipinski definition) is 1. The molecule has 0 unspecified atom stereocenters. The maximum absolute atomic E-state index is 2.64. The molecule has 1 aromatic carbocycles. The second kappa shape index (κ2) is 4.80. The highest BCUT2D eigenvalue weighted by Gasteiger charge is 2.23. The van der Waals surface area contributed by atoms with Gasteiger partial charge in [0.25, 0.3) is 0 Å². The topological polar surface area (TPSA) is 3.24 Å². The molecule has 1 heteroatoms. The quantitative estimate of drug-likeness (QED) is 0.709.